The van der Waals surface area contributed by atoms with Gasteiger partial charge in [0.15, 0.2) is 11.5 Å². The summed E-state index contributed by atoms with van der Waals surface area (Å²) in [7, 11) is 3.20. The van der Waals surface area contributed by atoms with E-state index in [1.807, 2.05) is 0 Å². The van der Waals surface area contributed by atoms with E-state index < -0.39 is 0 Å². The Morgan fingerprint density at radius 1 is 0.600 bits per heavy atom. The number of phenols is 1. The van der Waals surface area contributed by atoms with E-state index in [1.54, 1.807) is 80.9 Å². The van der Waals surface area contributed by atoms with Crippen molar-refractivity contribution in [2.24, 2.45) is 0 Å². The van der Waals surface area contributed by atoms with Crippen LogP contribution in [0.15, 0.2) is 66.7 Å². The molecule has 3 aromatic carbocycles. The van der Waals surface area contributed by atoms with Crippen molar-refractivity contribution < 1.29 is 24.1 Å². The molecule has 0 bridgehead atoms. The van der Waals surface area contributed by atoms with E-state index in [4.69, 9.17) is 18.9 Å². The molecule has 0 saturated carbocycles. The third-order valence-electron chi connectivity index (χ3n) is 3.52. The Bertz CT molecular complexity index is 826. The highest BCUT2D eigenvalue weighted by atomic mass is 16.5. The van der Waals surface area contributed by atoms with Crippen molar-refractivity contribution in [1.82, 2.24) is 0 Å². The van der Waals surface area contributed by atoms with Crippen LogP contribution in [0.25, 0.3) is 0 Å². The predicted molar refractivity (Wildman–Crippen MR) is 94.2 cm³/mol. The van der Waals surface area contributed by atoms with Gasteiger partial charge in [-0.15, -0.1) is 0 Å². The quantitative estimate of drug-likeness (QED) is 0.686. The monoisotopic (exact) mass is 338 g/mol. The Kier molecular flexibility index (Phi) is 4.95. The van der Waals surface area contributed by atoms with Crippen LogP contribution in [0.2, 0.25) is 0 Å². The number of ether oxygens (including phenoxy) is 4. The van der Waals surface area contributed by atoms with Crippen LogP contribution in [0, 0.1) is 0 Å². The highest BCUT2D eigenvalue weighted by molar-refractivity contribution is 5.54. The summed E-state index contributed by atoms with van der Waals surface area (Å²) in [5.74, 6) is 3.25. The maximum Gasteiger partial charge on any atom is 0.211 e. The highest BCUT2D eigenvalue weighted by Crippen LogP contribution is 2.41. The highest BCUT2D eigenvalue weighted by Gasteiger charge is 2.13. The maximum atomic E-state index is 10.2. The number of para-hydroxylation sites is 1. The van der Waals surface area contributed by atoms with Crippen molar-refractivity contribution >= 4 is 0 Å². The zero-order valence-electron chi connectivity index (χ0n) is 13.9. The first-order valence-electron chi connectivity index (χ1n) is 7.65. The normalized spacial score (nSPS) is 10.2. The van der Waals surface area contributed by atoms with Crippen LogP contribution in [0.3, 0.4) is 0 Å². The fourth-order valence-corrected chi connectivity index (χ4v) is 2.22. The summed E-state index contributed by atoms with van der Waals surface area (Å²) in [6.07, 6.45) is 0. The fourth-order valence-electron chi connectivity index (χ4n) is 2.22. The molecule has 0 aliphatic carbocycles. The molecule has 5 heteroatoms. The lowest BCUT2D eigenvalue weighted by molar-refractivity contribution is 0.379. The van der Waals surface area contributed by atoms with Crippen LogP contribution in [-0.2, 0) is 0 Å². The smallest absolute Gasteiger partial charge is 0.211 e. The van der Waals surface area contributed by atoms with E-state index in [-0.39, 0.29) is 11.5 Å². The van der Waals surface area contributed by atoms with Gasteiger partial charge in [-0.1, -0.05) is 6.07 Å². The first-order valence-corrected chi connectivity index (χ1v) is 7.65. The van der Waals surface area contributed by atoms with Crippen LogP contribution >= 0.6 is 0 Å². The lowest BCUT2D eigenvalue weighted by Gasteiger charge is -2.14. The van der Waals surface area contributed by atoms with Crippen molar-refractivity contribution in [2.75, 3.05) is 14.2 Å². The lowest BCUT2D eigenvalue weighted by Crippen LogP contribution is -1.91. The van der Waals surface area contributed by atoms with E-state index in [2.05, 4.69) is 0 Å². The van der Waals surface area contributed by atoms with Crippen molar-refractivity contribution in [2.45, 2.75) is 0 Å². The fraction of sp³-hybridized carbons (Fsp3) is 0.100. The first-order chi connectivity index (χ1) is 12.2. The van der Waals surface area contributed by atoms with Gasteiger partial charge in [0, 0.05) is 0 Å². The van der Waals surface area contributed by atoms with Gasteiger partial charge in [0.05, 0.1) is 14.2 Å². The summed E-state index contributed by atoms with van der Waals surface area (Å²) < 4.78 is 21.9. The van der Waals surface area contributed by atoms with Gasteiger partial charge in [-0.25, -0.2) is 0 Å². The second-order valence-electron chi connectivity index (χ2n) is 5.16. The van der Waals surface area contributed by atoms with E-state index in [0.29, 0.717) is 17.2 Å². The molecule has 3 rings (SSSR count). The third-order valence-corrected chi connectivity index (χ3v) is 3.52. The SMILES string of the molecule is COc1ccc(Oc2cccc(O)c2Oc2ccc(OC)cc2)cc1. The average molecular weight is 338 g/mol. The topological polar surface area (TPSA) is 57.2 Å². The standard InChI is InChI=1S/C20H18O5/c1-22-14-6-10-16(11-7-14)24-19-5-3-4-18(21)20(19)25-17-12-8-15(23-2)9-13-17/h3-13,21H,1-2H3. The maximum absolute atomic E-state index is 10.2. The van der Waals surface area contributed by atoms with Crippen LogP contribution < -0.4 is 18.9 Å². The van der Waals surface area contributed by atoms with Crippen LogP contribution in [0.5, 0.6) is 40.2 Å². The summed E-state index contributed by atoms with van der Waals surface area (Å²) in [5, 5.41) is 10.2. The molecule has 0 spiro atoms. The minimum absolute atomic E-state index is 0.0122. The Morgan fingerprint density at radius 2 is 1.08 bits per heavy atom. The van der Waals surface area contributed by atoms with Gasteiger partial charge in [0.2, 0.25) is 5.75 Å². The van der Waals surface area contributed by atoms with Gasteiger partial charge in [0.1, 0.15) is 23.0 Å². The van der Waals surface area contributed by atoms with E-state index >= 15 is 0 Å². The van der Waals surface area contributed by atoms with Gasteiger partial charge >= 0.3 is 0 Å². The van der Waals surface area contributed by atoms with Crippen molar-refractivity contribution in [1.29, 1.82) is 0 Å². The number of hydrogen-bond acceptors (Lipinski definition) is 5. The molecule has 5 nitrogen and oxygen atoms in total. The molecule has 1 N–H and O–H groups in total. The summed E-state index contributed by atoms with van der Waals surface area (Å²) in [5.41, 5.74) is 0. The molecule has 0 heterocycles. The van der Waals surface area contributed by atoms with E-state index in [0.717, 1.165) is 11.5 Å². The van der Waals surface area contributed by atoms with Crippen molar-refractivity contribution in [3.63, 3.8) is 0 Å². The molecule has 128 valence electrons. The average Bonchev–Trinajstić information content (AvgIpc) is 2.66. The summed E-state index contributed by atoms with van der Waals surface area (Å²) >= 11 is 0. The van der Waals surface area contributed by atoms with Crippen molar-refractivity contribution in [3.05, 3.63) is 66.7 Å². The molecule has 0 atom stereocenters. The van der Waals surface area contributed by atoms with Gasteiger partial charge < -0.3 is 24.1 Å². The largest absolute Gasteiger partial charge is 0.504 e. The molecule has 0 aromatic heterocycles. The number of rotatable bonds is 6. The van der Waals surface area contributed by atoms with Crippen LogP contribution in [0.1, 0.15) is 0 Å². The Hall–Kier alpha value is -3.34. The molecule has 0 amide bonds. The van der Waals surface area contributed by atoms with Gasteiger partial charge in [-0.2, -0.15) is 0 Å². The number of hydrogen-bond donors (Lipinski definition) is 1. The minimum Gasteiger partial charge on any atom is -0.504 e. The Balaban J connectivity index is 1.85. The van der Waals surface area contributed by atoms with E-state index in [1.165, 1.54) is 0 Å². The minimum atomic E-state index is -0.0122. The molecule has 25 heavy (non-hydrogen) atoms. The van der Waals surface area contributed by atoms with Gasteiger partial charge in [-0.05, 0) is 60.7 Å². The number of methoxy groups -OCH3 is 2. The molecule has 0 saturated heterocycles. The third kappa shape index (κ3) is 3.95. The predicted octanol–water partition coefficient (Wildman–Crippen LogP) is 4.99. The molecule has 0 aliphatic heterocycles. The second-order valence-corrected chi connectivity index (χ2v) is 5.16. The van der Waals surface area contributed by atoms with Crippen LogP contribution in [0.4, 0.5) is 0 Å². The summed E-state index contributed by atoms with van der Waals surface area (Å²) in [4.78, 5) is 0. The summed E-state index contributed by atoms with van der Waals surface area (Å²) in [6, 6.07) is 19.2. The zero-order chi connectivity index (χ0) is 17.6. The van der Waals surface area contributed by atoms with Crippen molar-refractivity contribution in [3.8, 4) is 40.2 Å². The van der Waals surface area contributed by atoms with Gasteiger partial charge in [0.25, 0.3) is 0 Å². The first kappa shape index (κ1) is 16.5. The summed E-state index contributed by atoms with van der Waals surface area (Å²) in [6.45, 7) is 0. The van der Waals surface area contributed by atoms with Gasteiger partial charge in [-0.3, -0.25) is 0 Å². The van der Waals surface area contributed by atoms with Crippen LogP contribution in [-0.4, -0.2) is 19.3 Å². The van der Waals surface area contributed by atoms with E-state index in [9.17, 15) is 5.11 Å². The molecule has 0 fully saturated rings. The molecule has 0 radical (unpaired) electrons. The Labute approximate surface area is 146 Å². The lowest BCUT2D eigenvalue weighted by atomic mass is 10.2. The molecule has 0 unspecified atom stereocenters. The molecule has 0 aliphatic rings. The molecular formula is C20H18O5. The number of phenolic OH excluding ortho intramolecular Hbond substituents is 1. The number of aromatic hydroxyl groups is 1. The number of benzene rings is 3. The molecule has 3 aromatic rings. The zero-order valence-corrected chi connectivity index (χ0v) is 13.9. The molecular weight excluding hydrogens is 320 g/mol. The Morgan fingerprint density at radius 3 is 1.60 bits per heavy atom. The second kappa shape index (κ2) is 7.49.